The Kier molecular flexibility index (Phi) is 5.67. The summed E-state index contributed by atoms with van der Waals surface area (Å²) in [6, 6.07) is 8.38. The highest BCUT2D eigenvalue weighted by Crippen LogP contribution is 2.63. The van der Waals surface area contributed by atoms with Gasteiger partial charge in [-0.1, -0.05) is 25.4 Å². The third-order valence-electron chi connectivity index (χ3n) is 8.10. The average Bonchev–Trinajstić information content (AvgIpc) is 3.08. The Hall–Kier alpha value is -2.48. The lowest BCUT2D eigenvalue weighted by molar-refractivity contribution is -0.143. The number of hydrogen-bond donors (Lipinski definition) is 1. The number of rotatable bonds is 5. The van der Waals surface area contributed by atoms with E-state index in [0.717, 1.165) is 56.9 Å². The molecule has 2 saturated heterocycles. The number of thiophene rings is 1. The van der Waals surface area contributed by atoms with Gasteiger partial charge in [0.05, 0.1) is 28.6 Å². The van der Waals surface area contributed by atoms with Crippen LogP contribution in [0.5, 0.6) is 5.75 Å². The van der Waals surface area contributed by atoms with E-state index in [1.54, 1.807) is 17.5 Å². The van der Waals surface area contributed by atoms with Crippen molar-refractivity contribution in [2.45, 2.75) is 59.2 Å². The number of amides is 2. The minimum Gasteiger partial charge on any atom is -0.488 e. The highest BCUT2D eigenvalue weighted by Gasteiger charge is 2.72. The van der Waals surface area contributed by atoms with E-state index in [2.05, 4.69) is 17.2 Å². The summed E-state index contributed by atoms with van der Waals surface area (Å²) in [5, 5.41) is 4.16. The van der Waals surface area contributed by atoms with Crippen LogP contribution in [0.15, 0.2) is 30.5 Å². The first-order chi connectivity index (χ1) is 17.1. The van der Waals surface area contributed by atoms with Crippen molar-refractivity contribution in [3.63, 3.8) is 0 Å². The standard InChI is InChI=1S/C28H30ClN3O3S/c1-14-9-16(29)10-20(24(14)35-17-6-5-15(2)31-12-17)19-7-8-30-21-11-18(36-25(19)21)13-32-26(33)22-23(27(32)34)28(22,3)4/h7-11,15,17,22-23,31H,5-6,12-13H2,1-4H3/t15-,17-,22?,23?/m0/s1. The number of nitrogens with zero attached hydrogens (tertiary/aromatic N) is 2. The van der Waals surface area contributed by atoms with Gasteiger partial charge in [-0.25, -0.2) is 0 Å². The Morgan fingerprint density at radius 3 is 2.61 bits per heavy atom. The molecule has 2 amide bonds. The molecule has 36 heavy (non-hydrogen) atoms. The molecule has 0 spiro atoms. The smallest absolute Gasteiger partial charge is 0.234 e. The molecule has 3 aromatic rings. The Bertz CT molecular complexity index is 1370. The molecule has 1 N–H and O–H groups in total. The molecule has 0 radical (unpaired) electrons. The molecule has 2 aliphatic heterocycles. The number of piperidine rings is 2. The van der Waals surface area contributed by atoms with E-state index < -0.39 is 0 Å². The first-order valence-corrected chi connectivity index (χ1v) is 13.8. The summed E-state index contributed by atoms with van der Waals surface area (Å²) in [4.78, 5) is 32.7. The van der Waals surface area contributed by atoms with Crippen molar-refractivity contribution in [2.24, 2.45) is 17.3 Å². The van der Waals surface area contributed by atoms with E-state index in [1.165, 1.54) is 4.90 Å². The number of pyridine rings is 1. The fourth-order valence-corrected chi connectivity index (χ4v) is 7.32. The Morgan fingerprint density at radius 2 is 1.92 bits per heavy atom. The quantitative estimate of drug-likeness (QED) is 0.442. The Morgan fingerprint density at radius 1 is 1.17 bits per heavy atom. The van der Waals surface area contributed by atoms with Crippen LogP contribution in [0, 0.1) is 24.2 Å². The van der Waals surface area contributed by atoms with Gasteiger partial charge in [-0.2, -0.15) is 0 Å². The molecule has 1 saturated carbocycles. The predicted octanol–water partition coefficient (Wildman–Crippen LogP) is 5.59. The molecule has 2 unspecified atom stereocenters. The molecule has 0 bridgehead atoms. The van der Waals surface area contributed by atoms with Gasteiger partial charge < -0.3 is 10.1 Å². The molecule has 188 valence electrons. The summed E-state index contributed by atoms with van der Waals surface area (Å²) in [5.41, 5.74) is 3.57. The average molecular weight is 524 g/mol. The molecular formula is C28H30ClN3O3S. The number of hydrogen-bond acceptors (Lipinski definition) is 6. The summed E-state index contributed by atoms with van der Waals surface area (Å²) in [7, 11) is 0. The maximum absolute atomic E-state index is 12.9. The van der Waals surface area contributed by atoms with Crippen molar-refractivity contribution in [3.05, 3.63) is 45.9 Å². The van der Waals surface area contributed by atoms with E-state index in [9.17, 15) is 9.59 Å². The summed E-state index contributed by atoms with van der Waals surface area (Å²) in [6.07, 6.45) is 3.97. The largest absolute Gasteiger partial charge is 0.488 e. The van der Waals surface area contributed by atoms with Crippen LogP contribution in [0.25, 0.3) is 21.3 Å². The first kappa shape index (κ1) is 23.9. The van der Waals surface area contributed by atoms with Gasteiger partial charge in [0.15, 0.2) is 0 Å². The number of carbonyl (C=O) groups excluding carboxylic acids is 2. The SMILES string of the molecule is Cc1cc(Cl)cc(-c2ccnc3cc(CN4C(=O)C5C(C4=O)C5(C)C)sc23)c1O[C@H]1CC[C@H](C)NC1. The fraction of sp³-hybridized carbons (Fsp3) is 0.464. The van der Waals surface area contributed by atoms with Crippen LogP contribution in [0.1, 0.15) is 44.1 Å². The molecule has 2 aromatic heterocycles. The fourth-order valence-electron chi connectivity index (χ4n) is 5.92. The van der Waals surface area contributed by atoms with E-state index in [0.29, 0.717) is 17.6 Å². The lowest BCUT2D eigenvalue weighted by Crippen LogP contribution is -2.42. The van der Waals surface area contributed by atoms with Gasteiger partial charge >= 0.3 is 0 Å². The van der Waals surface area contributed by atoms with Crippen LogP contribution in [0.4, 0.5) is 0 Å². The van der Waals surface area contributed by atoms with E-state index in [4.69, 9.17) is 16.3 Å². The number of carbonyl (C=O) groups is 2. The number of fused-ring (bicyclic) bond motifs is 2. The number of halogens is 1. The second-order valence-electron chi connectivity index (χ2n) is 11.1. The minimum absolute atomic E-state index is 0.0443. The normalized spacial score (nSPS) is 27.0. The van der Waals surface area contributed by atoms with Gasteiger partial charge in [-0.05, 0) is 61.9 Å². The number of aromatic nitrogens is 1. The van der Waals surface area contributed by atoms with Crippen LogP contribution in [0.2, 0.25) is 5.02 Å². The Balaban J connectivity index is 1.34. The van der Waals surface area contributed by atoms with Crippen molar-refractivity contribution in [1.82, 2.24) is 15.2 Å². The maximum atomic E-state index is 12.9. The molecule has 6 rings (SSSR count). The second kappa shape index (κ2) is 8.54. The third-order valence-corrected chi connectivity index (χ3v) is 9.46. The summed E-state index contributed by atoms with van der Waals surface area (Å²) >= 11 is 8.09. The van der Waals surface area contributed by atoms with Gasteiger partial charge in [0, 0.05) is 39.8 Å². The molecule has 6 nitrogen and oxygen atoms in total. The zero-order valence-electron chi connectivity index (χ0n) is 20.9. The molecule has 3 fully saturated rings. The highest BCUT2D eigenvalue weighted by atomic mass is 35.5. The Labute approximate surface area is 220 Å². The number of likely N-dealkylation sites (tertiary alicyclic amines) is 1. The number of imide groups is 1. The van der Waals surface area contributed by atoms with Gasteiger partial charge in [-0.15, -0.1) is 11.3 Å². The lowest BCUT2D eigenvalue weighted by Gasteiger charge is -2.29. The topological polar surface area (TPSA) is 71.5 Å². The number of benzene rings is 1. The molecular weight excluding hydrogens is 494 g/mol. The second-order valence-corrected chi connectivity index (χ2v) is 12.6. The molecule has 1 aromatic carbocycles. The lowest BCUT2D eigenvalue weighted by atomic mass is 10.0. The van der Waals surface area contributed by atoms with Crippen molar-refractivity contribution < 1.29 is 14.3 Å². The predicted molar refractivity (Wildman–Crippen MR) is 142 cm³/mol. The molecule has 4 atom stereocenters. The molecule has 8 heteroatoms. The zero-order chi connectivity index (χ0) is 25.4. The van der Waals surface area contributed by atoms with Gasteiger partial charge in [0.25, 0.3) is 0 Å². The van der Waals surface area contributed by atoms with Crippen LogP contribution in [-0.2, 0) is 16.1 Å². The van der Waals surface area contributed by atoms with Gasteiger partial charge in [-0.3, -0.25) is 19.5 Å². The zero-order valence-corrected chi connectivity index (χ0v) is 22.5. The number of nitrogens with one attached hydrogen (secondary N) is 1. The summed E-state index contributed by atoms with van der Waals surface area (Å²) in [6.45, 7) is 9.34. The van der Waals surface area contributed by atoms with Crippen LogP contribution < -0.4 is 10.1 Å². The van der Waals surface area contributed by atoms with Gasteiger partial charge in [0.2, 0.25) is 11.8 Å². The van der Waals surface area contributed by atoms with E-state index >= 15 is 0 Å². The summed E-state index contributed by atoms with van der Waals surface area (Å²) < 4.78 is 7.57. The third kappa shape index (κ3) is 3.83. The first-order valence-electron chi connectivity index (χ1n) is 12.6. The van der Waals surface area contributed by atoms with E-state index in [1.807, 2.05) is 45.0 Å². The number of ether oxygens (including phenoxy) is 1. The van der Waals surface area contributed by atoms with Crippen molar-refractivity contribution in [2.75, 3.05) is 6.54 Å². The maximum Gasteiger partial charge on any atom is 0.234 e. The highest BCUT2D eigenvalue weighted by molar-refractivity contribution is 7.19. The van der Waals surface area contributed by atoms with Crippen LogP contribution in [-0.4, -0.2) is 40.4 Å². The van der Waals surface area contributed by atoms with Gasteiger partial charge in [0.1, 0.15) is 11.9 Å². The van der Waals surface area contributed by atoms with Crippen LogP contribution >= 0.6 is 22.9 Å². The molecule has 1 aliphatic carbocycles. The van der Waals surface area contributed by atoms with Crippen molar-refractivity contribution in [1.29, 1.82) is 0 Å². The monoisotopic (exact) mass is 523 g/mol. The number of aryl methyl sites for hydroxylation is 1. The molecule has 4 heterocycles. The minimum atomic E-state index is -0.202. The van der Waals surface area contributed by atoms with Crippen LogP contribution in [0.3, 0.4) is 0 Å². The van der Waals surface area contributed by atoms with Crippen molar-refractivity contribution in [3.8, 4) is 16.9 Å². The summed E-state index contributed by atoms with van der Waals surface area (Å²) in [5.74, 6) is 0.420. The van der Waals surface area contributed by atoms with Crippen molar-refractivity contribution >= 4 is 45.0 Å². The van der Waals surface area contributed by atoms with E-state index in [-0.39, 0.29) is 35.2 Å². The molecule has 3 aliphatic rings.